The maximum absolute atomic E-state index is 5.95. The van der Waals surface area contributed by atoms with Crippen molar-refractivity contribution in [3.63, 3.8) is 0 Å². The first-order valence-corrected chi connectivity index (χ1v) is 7.24. The summed E-state index contributed by atoms with van der Waals surface area (Å²) in [5.74, 6) is 0. The molecule has 0 aliphatic heterocycles. The van der Waals surface area contributed by atoms with Gasteiger partial charge in [-0.15, -0.1) is 0 Å². The van der Waals surface area contributed by atoms with Gasteiger partial charge >= 0.3 is 0 Å². The summed E-state index contributed by atoms with van der Waals surface area (Å²) in [6.07, 6.45) is 6.74. The molecule has 1 atom stereocenters. The molecule has 1 aliphatic carbocycles. The Hall–Kier alpha value is -0.860. The molecule has 0 saturated heterocycles. The molecule has 0 heterocycles. The van der Waals surface area contributed by atoms with Gasteiger partial charge in [-0.05, 0) is 43.4 Å². The Kier molecular flexibility index (Phi) is 4.79. The molecule has 3 N–H and O–H groups in total. The van der Waals surface area contributed by atoms with Gasteiger partial charge in [0.1, 0.15) is 0 Å². The fourth-order valence-corrected chi connectivity index (χ4v) is 2.84. The molecule has 0 spiro atoms. The maximum Gasteiger partial charge on any atom is 0.0446 e. The van der Waals surface area contributed by atoms with Gasteiger partial charge in [0.05, 0.1) is 0 Å². The van der Waals surface area contributed by atoms with Crippen LogP contribution in [0.5, 0.6) is 0 Å². The van der Waals surface area contributed by atoms with E-state index in [-0.39, 0.29) is 0 Å². The van der Waals surface area contributed by atoms with E-state index >= 15 is 0 Å². The van der Waals surface area contributed by atoms with E-state index in [1.807, 2.05) is 0 Å². The molecular weight excluding hydrogens is 220 g/mol. The van der Waals surface area contributed by atoms with E-state index in [1.165, 1.54) is 48.8 Å². The first-order chi connectivity index (χ1) is 8.70. The largest absolute Gasteiger partial charge is 0.329 e. The van der Waals surface area contributed by atoms with Crippen LogP contribution in [-0.2, 0) is 0 Å². The average molecular weight is 246 g/mol. The highest BCUT2D eigenvalue weighted by atomic mass is 15.0. The van der Waals surface area contributed by atoms with Crippen LogP contribution in [-0.4, -0.2) is 12.6 Å². The highest BCUT2D eigenvalue weighted by molar-refractivity contribution is 5.32. The number of nitrogens with one attached hydrogen (secondary N) is 1. The van der Waals surface area contributed by atoms with Crippen LogP contribution < -0.4 is 11.1 Å². The minimum absolute atomic E-state index is 0.312. The van der Waals surface area contributed by atoms with Gasteiger partial charge in [-0.2, -0.15) is 0 Å². The number of hydrogen-bond donors (Lipinski definition) is 2. The quantitative estimate of drug-likeness (QED) is 0.856. The van der Waals surface area contributed by atoms with Gasteiger partial charge in [-0.3, -0.25) is 0 Å². The van der Waals surface area contributed by atoms with E-state index in [1.54, 1.807) is 0 Å². The lowest BCUT2D eigenvalue weighted by Gasteiger charge is -2.28. The molecule has 1 unspecified atom stereocenters. The van der Waals surface area contributed by atoms with Crippen LogP contribution in [0.15, 0.2) is 18.2 Å². The summed E-state index contributed by atoms with van der Waals surface area (Å²) in [7, 11) is 0. The van der Waals surface area contributed by atoms with E-state index in [4.69, 9.17) is 5.73 Å². The van der Waals surface area contributed by atoms with Crippen molar-refractivity contribution in [2.75, 3.05) is 6.54 Å². The van der Waals surface area contributed by atoms with Crippen molar-refractivity contribution < 1.29 is 0 Å². The van der Waals surface area contributed by atoms with Gasteiger partial charge in [0, 0.05) is 18.6 Å². The molecule has 1 saturated carbocycles. The SMILES string of the molecule is Cc1ccc(C(CN)NC2CCCCC2)cc1C. The van der Waals surface area contributed by atoms with Crippen LogP contribution in [0, 0.1) is 13.8 Å². The van der Waals surface area contributed by atoms with Crippen LogP contribution >= 0.6 is 0 Å². The molecule has 1 aromatic rings. The zero-order valence-electron chi connectivity index (χ0n) is 11.7. The minimum atomic E-state index is 0.312. The van der Waals surface area contributed by atoms with Gasteiger partial charge < -0.3 is 11.1 Å². The number of hydrogen-bond acceptors (Lipinski definition) is 2. The normalized spacial score (nSPS) is 18.8. The van der Waals surface area contributed by atoms with Crippen molar-refractivity contribution in [3.8, 4) is 0 Å². The van der Waals surface area contributed by atoms with Gasteiger partial charge in [0.25, 0.3) is 0 Å². The Labute approximate surface area is 111 Å². The second kappa shape index (κ2) is 6.35. The van der Waals surface area contributed by atoms with Crippen molar-refractivity contribution in [1.29, 1.82) is 0 Å². The van der Waals surface area contributed by atoms with Crippen molar-refractivity contribution in [3.05, 3.63) is 34.9 Å². The third kappa shape index (κ3) is 3.33. The van der Waals surface area contributed by atoms with Crippen LogP contribution in [0.4, 0.5) is 0 Å². The number of nitrogens with two attached hydrogens (primary N) is 1. The number of rotatable bonds is 4. The second-order valence-corrected chi connectivity index (χ2v) is 5.63. The van der Waals surface area contributed by atoms with Gasteiger partial charge in [-0.25, -0.2) is 0 Å². The third-order valence-electron chi connectivity index (χ3n) is 4.21. The standard InChI is InChI=1S/C16H26N2/c1-12-8-9-14(10-13(12)2)16(11-17)18-15-6-4-3-5-7-15/h8-10,15-16,18H,3-7,11,17H2,1-2H3. The smallest absolute Gasteiger partial charge is 0.0446 e. The van der Waals surface area contributed by atoms with E-state index in [9.17, 15) is 0 Å². The molecule has 2 nitrogen and oxygen atoms in total. The first-order valence-electron chi connectivity index (χ1n) is 7.24. The Bertz CT molecular complexity index is 381. The highest BCUT2D eigenvalue weighted by Gasteiger charge is 2.18. The number of benzene rings is 1. The monoisotopic (exact) mass is 246 g/mol. The van der Waals surface area contributed by atoms with Crippen LogP contribution in [0.1, 0.15) is 54.8 Å². The van der Waals surface area contributed by atoms with Gasteiger partial charge in [-0.1, -0.05) is 37.5 Å². The summed E-state index contributed by atoms with van der Waals surface area (Å²) in [6.45, 7) is 5.01. The summed E-state index contributed by atoms with van der Waals surface area (Å²) >= 11 is 0. The molecule has 1 aliphatic rings. The van der Waals surface area contributed by atoms with Gasteiger partial charge in [0.2, 0.25) is 0 Å². The maximum atomic E-state index is 5.95. The van der Waals surface area contributed by atoms with E-state index in [0.717, 1.165) is 0 Å². The fourth-order valence-electron chi connectivity index (χ4n) is 2.84. The first kappa shape index (κ1) is 13.6. The zero-order chi connectivity index (χ0) is 13.0. The molecule has 0 aromatic heterocycles. The average Bonchev–Trinajstić information content (AvgIpc) is 2.40. The molecule has 1 fully saturated rings. The molecule has 100 valence electrons. The Morgan fingerprint density at radius 1 is 1.17 bits per heavy atom. The molecule has 1 aromatic carbocycles. The lowest BCUT2D eigenvalue weighted by molar-refractivity contribution is 0.340. The lowest BCUT2D eigenvalue weighted by Crippen LogP contribution is -2.37. The zero-order valence-corrected chi connectivity index (χ0v) is 11.7. The van der Waals surface area contributed by atoms with Crippen molar-refractivity contribution in [2.24, 2.45) is 5.73 Å². The predicted octanol–water partition coefficient (Wildman–Crippen LogP) is 3.23. The summed E-state index contributed by atoms with van der Waals surface area (Å²) in [5.41, 5.74) is 10.00. The molecule has 0 radical (unpaired) electrons. The van der Waals surface area contributed by atoms with Crippen LogP contribution in [0.2, 0.25) is 0 Å². The Balaban J connectivity index is 2.04. The highest BCUT2D eigenvalue weighted by Crippen LogP contribution is 2.22. The van der Waals surface area contributed by atoms with Crippen molar-refractivity contribution in [1.82, 2.24) is 5.32 Å². The fraction of sp³-hybridized carbons (Fsp3) is 0.625. The summed E-state index contributed by atoms with van der Waals surface area (Å²) in [5, 5.41) is 3.74. The Morgan fingerprint density at radius 2 is 1.89 bits per heavy atom. The van der Waals surface area contributed by atoms with E-state index < -0.39 is 0 Å². The predicted molar refractivity (Wildman–Crippen MR) is 77.7 cm³/mol. The van der Waals surface area contributed by atoms with Crippen LogP contribution in [0.3, 0.4) is 0 Å². The summed E-state index contributed by atoms with van der Waals surface area (Å²) in [4.78, 5) is 0. The third-order valence-corrected chi connectivity index (χ3v) is 4.21. The van der Waals surface area contributed by atoms with E-state index in [2.05, 4.69) is 37.4 Å². The molecule has 0 amide bonds. The molecule has 2 rings (SSSR count). The molecular formula is C16H26N2. The Morgan fingerprint density at radius 3 is 2.50 bits per heavy atom. The van der Waals surface area contributed by atoms with Crippen molar-refractivity contribution in [2.45, 2.75) is 58.0 Å². The van der Waals surface area contributed by atoms with Crippen molar-refractivity contribution >= 4 is 0 Å². The van der Waals surface area contributed by atoms with E-state index in [0.29, 0.717) is 18.6 Å². The molecule has 18 heavy (non-hydrogen) atoms. The summed E-state index contributed by atoms with van der Waals surface area (Å²) in [6, 6.07) is 7.68. The van der Waals surface area contributed by atoms with Crippen LogP contribution in [0.25, 0.3) is 0 Å². The molecule has 0 bridgehead atoms. The minimum Gasteiger partial charge on any atom is -0.329 e. The number of aryl methyl sites for hydroxylation is 2. The lowest BCUT2D eigenvalue weighted by atomic mass is 9.93. The van der Waals surface area contributed by atoms with Gasteiger partial charge in [0.15, 0.2) is 0 Å². The second-order valence-electron chi connectivity index (χ2n) is 5.63. The molecule has 2 heteroatoms. The summed E-state index contributed by atoms with van der Waals surface area (Å²) < 4.78 is 0. The topological polar surface area (TPSA) is 38.0 Å².